The van der Waals surface area contributed by atoms with Gasteiger partial charge in [0.1, 0.15) is 6.61 Å². The molecule has 5 heteroatoms. The highest BCUT2D eigenvalue weighted by Crippen LogP contribution is 2.07. The first-order valence-corrected chi connectivity index (χ1v) is 6.74. The van der Waals surface area contributed by atoms with E-state index >= 15 is 0 Å². The molecule has 1 aromatic heterocycles. The smallest absolute Gasteiger partial charge is 0.307 e. The molecule has 0 aromatic carbocycles. The third-order valence-corrected chi connectivity index (χ3v) is 2.97. The number of hydrogen-bond acceptors (Lipinski definition) is 4. The summed E-state index contributed by atoms with van der Waals surface area (Å²) in [6.07, 6.45) is 4.86. The van der Waals surface area contributed by atoms with E-state index in [-0.39, 0.29) is 18.3 Å². The minimum atomic E-state index is -0.303. The topological polar surface area (TPSA) is 55.4 Å². The average Bonchev–Trinajstić information content (AvgIpc) is 2.88. The summed E-state index contributed by atoms with van der Waals surface area (Å²) in [4.78, 5) is 23.4. The fraction of sp³-hybridized carbons (Fsp3) is 0.385. The molecule has 98 valence electrons. The maximum Gasteiger partial charge on any atom is 0.307 e. The van der Waals surface area contributed by atoms with E-state index in [1.807, 2.05) is 30.5 Å². The van der Waals surface area contributed by atoms with Gasteiger partial charge in [0.2, 0.25) is 0 Å². The van der Waals surface area contributed by atoms with Crippen LogP contribution >= 0.6 is 11.3 Å². The highest BCUT2D eigenvalue weighted by atomic mass is 32.1. The van der Waals surface area contributed by atoms with Crippen molar-refractivity contribution in [3.8, 4) is 0 Å². The van der Waals surface area contributed by atoms with Crippen LogP contribution < -0.4 is 5.32 Å². The van der Waals surface area contributed by atoms with Crippen molar-refractivity contribution in [3.05, 3.63) is 34.5 Å². The molecule has 1 heterocycles. The normalized spacial score (nSPS) is 10.5. The van der Waals surface area contributed by atoms with Crippen LogP contribution in [0.15, 0.2) is 29.7 Å². The van der Waals surface area contributed by atoms with E-state index in [0.29, 0.717) is 18.0 Å². The number of hydrogen-bond donors (Lipinski definition) is 1. The molecule has 0 saturated carbocycles. The molecule has 0 aliphatic heterocycles. The Morgan fingerprint density at radius 1 is 1.44 bits per heavy atom. The molecule has 0 atom stereocenters. The van der Waals surface area contributed by atoms with Crippen molar-refractivity contribution in [3.63, 3.8) is 0 Å². The fourth-order valence-electron chi connectivity index (χ4n) is 1.22. The standard InChI is InChI=1S/C13H17NO3S/c1-2-3-4-9-17-12(15)7-8-14-13(16)11-6-5-10-18-11/h3-6,10H,2,7-9H2,1H3,(H,14,16). The van der Waals surface area contributed by atoms with E-state index in [9.17, 15) is 9.59 Å². The summed E-state index contributed by atoms with van der Waals surface area (Å²) in [5.74, 6) is -0.453. The number of nitrogens with one attached hydrogen (secondary N) is 1. The highest BCUT2D eigenvalue weighted by Gasteiger charge is 2.07. The molecule has 0 aliphatic rings. The van der Waals surface area contributed by atoms with Crippen molar-refractivity contribution in [2.45, 2.75) is 19.8 Å². The Hall–Kier alpha value is -1.62. The Kier molecular flexibility index (Phi) is 6.79. The molecule has 0 aliphatic carbocycles. The minimum Gasteiger partial charge on any atom is -0.461 e. The number of thiophene rings is 1. The third-order valence-electron chi connectivity index (χ3n) is 2.10. The Morgan fingerprint density at radius 2 is 2.28 bits per heavy atom. The number of carbonyl (C=O) groups excluding carboxylic acids is 2. The number of rotatable bonds is 7. The largest absolute Gasteiger partial charge is 0.461 e. The van der Waals surface area contributed by atoms with Gasteiger partial charge in [-0.05, 0) is 17.9 Å². The van der Waals surface area contributed by atoms with Crippen molar-refractivity contribution in [2.24, 2.45) is 0 Å². The maximum absolute atomic E-state index is 11.5. The van der Waals surface area contributed by atoms with Gasteiger partial charge in [-0.3, -0.25) is 9.59 Å². The molecule has 1 N–H and O–H groups in total. The zero-order valence-electron chi connectivity index (χ0n) is 10.3. The van der Waals surface area contributed by atoms with Crippen LogP contribution in [0.3, 0.4) is 0 Å². The molecule has 0 bridgehead atoms. The molecule has 0 spiro atoms. The first-order chi connectivity index (χ1) is 8.74. The SMILES string of the molecule is CCC=CCOC(=O)CCNC(=O)c1cccs1. The van der Waals surface area contributed by atoms with Crippen molar-refractivity contribution >= 4 is 23.2 Å². The lowest BCUT2D eigenvalue weighted by atomic mass is 10.4. The molecule has 4 nitrogen and oxygen atoms in total. The Labute approximate surface area is 111 Å². The van der Waals surface area contributed by atoms with Crippen molar-refractivity contribution in [1.82, 2.24) is 5.32 Å². The second kappa shape index (κ2) is 8.47. The molecule has 0 fully saturated rings. The van der Waals surface area contributed by atoms with E-state index in [1.165, 1.54) is 11.3 Å². The number of carbonyl (C=O) groups is 2. The van der Waals surface area contributed by atoms with Gasteiger partial charge in [0.05, 0.1) is 11.3 Å². The molecular weight excluding hydrogens is 250 g/mol. The van der Waals surface area contributed by atoms with Crippen LogP contribution in [0.25, 0.3) is 0 Å². The predicted octanol–water partition coefficient (Wildman–Crippen LogP) is 2.38. The van der Waals surface area contributed by atoms with Crippen LogP contribution in [0.4, 0.5) is 0 Å². The van der Waals surface area contributed by atoms with E-state index in [1.54, 1.807) is 6.07 Å². The van der Waals surface area contributed by atoms with E-state index in [2.05, 4.69) is 5.32 Å². The molecule has 0 unspecified atom stereocenters. The summed E-state index contributed by atoms with van der Waals surface area (Å²) in [7, 11) is 0. The van der Waals surface area contributed by atoms with Gasteiger partial charge in [0.25, 0.3) is 5.91 Å². The molecule has 1 amide bonds. The second-order valence-electron chi connectivity index (χ2n) is 3.55. The summed E-state index contributed by atoms with van der Waals surface area (Å²) in [6.45, 7) is 2.61. The van der Waals surface area contributed by atoms with Gasteiger partial charge in [0, 0.05) is 6.54 Å². The van der Waals surface area contributed by atoms with Gasteiger partial charge in [-0.2, -0.15) is 0 Å². The minimum absolute atomic E-state index is 0.149. The zero-order valence-corrected chi connectivity index (χ0v) is 11.2. The van der Waals surface area contributed by atoms with Crippen LogP contribution in [0, 0.1) is 0 Å². The molecule has 1 rings (SSSR count). The summed E-state index contributed by atoms with van der Waals surface area (Å²) >= 11 is 1.37. The zero-order chi connectivity index (χ0) is 13.2. The predicted molar refractivity (Wildman–Crippen MR) is 71.7 cm³/mol. The summed E-state index contributed by atoms with van der Waals surface area (Å²) < 4.78 is 4.94. The lowest BCUT2D eigenvalue weighted by molar-refractivity contribution is -0.142. The van der Waals surface area contributed by atoms with Crippen LogP contribution in [-0.2, 0) is 9.53 Å². The Bertz CT molecular complexity index is 398. The van der Waals surface area contributed by atoms with Crippen LogP contribution in [0.1, 0.15) is 29.4 Å². The molecular formula is C13H17NO3S. The van der Waals surface area contributed by atoms with Gasteiger partial charge >= 0.3 is 5.97 Å². The van der Waals surface area contributed by atoms with Crippen LogP contribution in [0.2, 0.25) is 0 Å². The molecule has 18 heavy (non-hydrogen) atoms. The third kappa shape index (κ3) is 5.63. The van der Waals surface area contributed by atoms with Gasteiger partial charge in [0.15, 0.2) is 0 Å². The Balaban J connectivity index is 2.12. The average molecular weight is 267 g/mol. The van der Waals surface area contributed by atoms with Gasteiger partial charge in [-0.15, -0.1) is 11.3 Å². The van der Waals surface area contributed by atoms with Gasteiger partial charge in [-0.25, -0.2) is 0 Å². The van der Waals surface area contributed by atoms with Crippen LogP contribution in [-0.4, -0.2) is 25.0 Å². The molecule has 0 saturated heterocycles. The number of amides is 1. The maximum atomic E-state index is 11.5. The Morgan fingerprint density at radius 3 is 2.94 bits per heavy atom. The number of ether oxygens (including phenoxy) is 1. The number of allylic oxidation sites excluding steroid dienone is 1. The molecule has 1 aromatic rings. The fourth-order valence-corrected chi connectivity index (χ4v) is 1.86. The van der Waals surface area contributed by atoms with Crippen LogP contribution in [0.5, 0.6) is 0 Å². The molecule has 0 radical (unpaired) electrons. The lowest BCUT2D eigenvalue weighted by Gasteiger charge is -2.03. The van der Waals surface area contributed by atoms with Crippen molar-refractivity contribution < 1.29 is 14.3 Å². The second-order valence-corrected chi connectivity index (χ2v) is 4.49. The van der Waals surface area contributed by atoms with Crippen molar-refractivity contribution in [2.75, 3.05) is 13.2 Å². The summed E-state index contributed by atoms with van der Waals surface area (Å²) in [5.41, 5.74) is 0. The van der Waals surface area contributed by atoms with Gasteiger partial charge < -0.3 is 10.1 Å². The van der Waals surface area contributed by atoms with E-state index < -0.39 is 0 Å². The summed E-state index contributed by atoms with van der Waals surface area (Å²) in [6, 6.07) is 3.56. The first kappa shape index (κ1) is 14.4. The van der Waals surface area contributed by atoms with E-state index in [4.69, 9.17) is 4.74 Å². The van der Waals surface area contributed by atoms with E-state index in [0.717, 1.165) is 6.42 Å². The van der Waals surface area contributed by atoms with Crippen molar-refractivity contribution in [1.29, 1.82) is 0 Å². The summed E-state index contributed by atoms with van der Waals surface area (Å²) in [5, 5.41) is 4.51. The number of esters is 1. The monoisotopic (exact) mass is 267 g/mol. The van der Waals surface area contributed by atoms with Gasteiger partial charge in [-0.1, -0.05) is 25.1 Å². The lowest BCUT2D eigenvalue weighted by Crippen LogP contribution is -2.25. The first-order valence-electron chi connectivity index (χ1n) is 5.86. The highest BCUT2D eigenvalue weighted by molar-refractivity contribution is 7.12. The quantitative estimate of drug-likeness (QED) is 0.609.